The molecule has 0 fully saturated rings. The molecule has 1 aliphatic rings. The molecule has 0 saturated carbocycles. The number of carbonyl (C=O) groups excluding carboxylic acids is 1. The van der Waals surface area contributed by atoms with Crippen LogP contribution in [0.1, 0.15) is 12.5 Å². The number of amides is 1. The maximum atomic E-state index is 12.1. The highest BCUT2D eigenvalue weighted by molar-refractivity contribution is 5.81. The number of carbonyl (C=O) groups is 1. The van der Waals surface area contributed by atoms with Gasteiger partial charge in [0.15, 0.2) is 0 Å². The van der Waals surface area contributed by atoms with Crippen LogP contribution in [0.4, 0.5) is 5.69 Å². The van der Waals surface area contributed by atoms with Gasteiger partial charge >= 0.3 is 0 Å². The Morgan fingerprint density at radius 3 is 3.11 bits per heavy atom. The Kier molecular flexibility index (Phi) is 4.20. The van der Waals surface area contributed by atoms with Crippen molar-refractivity contribution in [2.45, 2.75) is 19.4 Å². The Morgan fingerprint density at radius 1 is 1.56 bits per heavy atom. The topological polar surface area (TPSA) is 50.4 Å². The van der Waals surface area contributed by atoms with E-state index < -0.39 is 0 Å². The van der Waals surface area contributed by atoms with Crippen molar-refractivity contribution in [3.05, 3.63) is 29.8 Å². The molecule has 0 saturated heterocycles. The summed E-state index contributed by atoms with van der Waals surface area (Å²) < 4.78 is 5.02. The Hall–Kier alpha value is -1.55. The van der Waals surface area contributed by atoms with Gasteiger partial charge in [0.1, 0.15) is 0 Å². The van der Waals surface area contributed by atoms with E-state index in [9.17, 15) is 4.79 Å². The van der Waals surface area contributed by atoms with E-state index in [1.54, 1.807) is 7.11 Å². The average molecular weight is 248 g/mol. The molecule has 4 nitrogen and oxygen atoms in total. The Morgan fingerprint density at radius 2 is 2.33 bits per heavy atom. The van der Waals surface area contributed by atoms with E-state index in [0.29, 0.717) is 13.2 Å². The number of methoxy groups -OCH3 is 1. The van der Waals surface area contributed by atoms with Crippen molar-refractivity contribution >= 4 is 11.6 Å². The summed E-state index contributed by atoms with van der Waals surface area (Å²) in [4.78, 5) is 12.1. The van der Waals surface area contributed by atoms with Gasteiger partial charge in [0, 0.05) is 25.4 Å². The molecule has 0 aliphatic carbocycles. The molecule has 1 aliphatic heterocycles. The first kappa shape index (κ1) is 12.9. The average Bonchev–Trinajstić information content (AvgIpc) is 2.38. The largest absolute Gasteiger partial charge is 0.384 e. The lowest BCUT2D eigenvalue weighted by molar-refractivity contribution is -0.125. The highest BCUT2D eigenvalue weighted by atomic mass is 16.5. The first-order valence-corrected chi connectivity index (χ1v) is 6.31. The number of fused-ring (bicyclic) bond motifs is 1. The summed E-state index contributed by atoms with van der Waals surface area (Å²) in [5.74, 6) is 0.0979. The van der Waals surface area contributed by atoms with Gasteiger partial charge in [-0.15, -0.1) is 0 Å². The maximum Gasteiger partial charge on any atom is 0.225 e. The van der Waals surface area contributed by atoms with E-state index in [-0.39, 0.29) is 17.9 Å². The molecule has 2 atom stereocenters. The molecule has 2 unspecified atom stereocenters. The molecule has 1 aromatic rings. The van der Waals surface area contributed by atoms with Crippen LogP contribution < -0.4 is 10.6 Å². The van der Waals surface area contributed by atoms with E-state index in [0.717, 1.165) is 12.1 Å². The molecule has 4 heteroatoms. The van der Waals surface area contributed by atoms with Gasteiger partial charge in [-0.05, 0) is 25.0 Å². The van der Waals surface area contributed by atoms with Crippen LogP contribution in [0, 0.1) is 5.92 Å². The fourth-order valence-electron chi connectivity index (χ4n) is 2.28. The van der Waals surface area contributed by atoms with Crippen LogP contribution in [-0.2, 0) is 16.0 Å². The molecule has 98 valence electrons. The Labute approximate surface area is 108 Å². The van der Waals surface area contributed by atoms with Crippen molar-refractivity contribution < 1.29 is 9.53 Å². The van der Waals surface area contributed by atoms with Crippen LogP contribution >= 0.6 is 0 Å². The predicted molar refractivity (Wildman–Crippen MR) is 71.6 cm³/mol. The van der Waals surface area contributed by atoms with E-state index in [4.69, 9.17) is 4.74 Å². The summed E-state index contributed by atoms with van der Waals surface area (Å²) in [5.41, 5.74) is 2.36. The van der Waals surface area contributed by atoms with Gasteiger partial charge in [-0.3, -0.25) is 4.79 Å². The van der Waals surface area contributed by atoms with Gasteiger partial charge in [0.2, 0.25) is 5.91 Å². The van der Waals surface area contributed by atoms with Gasteiger partial charge in [-0.1, -0.05) is 18.2 Å². The summed E-state index contributed by atoms with van der Waals surface area (Å²) in [6.45, 7) is 3.19. The van der Waals surface area contributed by atoms with Crippen LogP contribution in [0.5, 0.6) is 0 Å². The highest BCUT2D eigenvalue weighted by Crippen LogP contribution is 2.24. The molecule has 2 N–H and O–H groups in total. The first-order valence-electron chi connectivity index (χ1n) is 6.31. The molecule has 0 spiro atoms. The van der Waals surface area contributed by atoms with Gasteiger partial charge < -0.3 is 15.4 Å². The lowest BCUT2D eigenvalue weighted by Crippen LogP contribution is -2.43. The Balaban J connectivity index is 1.94. The lowest BCUT2D eigenvalue weighted by Gasteiger charge is -2.26. The Bertz CT molecular complexity index is 420. The smallest absolute Gasteiger partial charge is 0.225 e. The number of para-hydroxylation sites is 1. The molecular weight excluding hydrogens is 228 g/mol. The second-order valence-electron chi connectivity index (χ2n) is 4.80. The second kappa shape index (κ2) is 5.87. The van der Waals surface area contributed by atoms with E-state index in [1.165, 1.54) is 5.56 Å². The quantitative estimate of drug-likeness (QED) is 0.847. The molecule has 0 aromatic heterocycles. The third kappa shape index (κ3) is 3.01. The van der Waals surface area contributed by atoms with Gasteiger partial charge in [-0.2, -0.15) is 0 Å². The number of hydrogen-bond acceptors (Lipinski definition) is 3. The van der Waals surface area contributed by atoms with Crippen molar-refractivity contribution in [3.63, 3.8) is 0 Å². The summed E-state index contributed by atoms with van der Waals surface area (Å²) in [6, 6.07) is 8.19. The molecule has 0 bridgehead atoms. The zero-order valence-corrected chi connectivity index (χ0v) is 10.9. The van der Waals surface area contributed by atoms with Crippen molar-refractivity contribution in [2.24, 2.45) is 5.92 Å². The molecule has 2 rings (SSSR count). The van der Waals surface area contributed by atoms with E-state index in [1.807, 2.05) is 19.1 Å². The summed E-state index contributed by atoms with van der Waals surface area (Å²) in [7, 11) is 1.64. The van der Waals surface area contributed by atoms with Crippen LogP contribution in [0.2, 0.25) is 0 Å². The van der Waals surface area contributed by atoms with Gasteiger partial charge in [0.25, 0.3) is 0 Å². The van der Waals surface area contributed by atoms with Crippen LogP contribution in [-0.4, -0.2) is 32.2 Å². The maximum absolute atomic E-state index is 12.1. The third-order valence-corrected chi connectivity index (χ3v) is 3.20. The zero-order valence-electron chi connectivity index (χ0n) is 10.9. The highest BCUT2D eigenvalue weighted by Gasteiger charge is 2.24. The van der Waals surface area contributed by atoms with Crippen molar-refractivity contribution in [1.29, 1.82) is 0 Å². The summed E-state index contributed by atoms with van der Waals surface area (Å²) in [5, 5.41) is 6.28. The number of hydrogen-bond donors (Lipinski definition) is 2. The zero-order chi connectivity index (χ0) is 13.0. The molecule has 1 aromatic carbocycles. The number of rotatable bonds is 4. The lowest BCUT2D eigenvalue weighted by atomic mass is 9.93. The van der Waals surface area contributed by atoms with Crippen molar-refractivity contribution in [1.82, 2.24) is 5.32 Å². The minimum absolute atomic E-state index is 0.000735. The van der Waals surface area contributed by atoms with E-state index >= 15 is 0 Å². The van der Waals surface area contributed by atoms with Crippen LogP contribution in [0.3, 0.4) is 0 Å². The minimum atomic E-state index is -0.000735. The van der Waals surface area contributed by atoms with Crippen LogP contribution in [0.25, 0.3) is 0 Å². The second-order valence-corrected chi connectivity index (χ2v) is 4.80. The van der Waals surface area contributed by atoms with E-state index in [2.05, 4.69) is 22.8 Å². The molecular formula is C14H20N2O2. The molecule has 18 heavy (non-hydrogen) atoms. The standard InChI is InChI=1S/C14H20N2O2/c1-10(9-18-2)16-14(17)12-7-11-5-3-4-6-13(11)15-8-12/h3-6,10,12,15H,7-9H2,1-2H3,(H,16,17). The molecule has 1 amide bonds. The summed E-state index contributed by atoms with van der Waals surface area (Å²) >= 11 is 0. The summed E-state index contributed by atoms with van der Waals surface area (Å²) in [6.07, 6.45) is 0.800. The minimum Gasteiger partial charge on any atom is -0.384 e. The first-order chi connectivity index (χ1) is 8.70. The number of benzene rings is 1. The fourth-order valence-corrected chi connectivity index (χ4v) is 2.28. The number of anilines is 1. The SMILES string of the molecule is COCC(C)NC(=O)C1CNc2ccccc2C1. The fraction of sp³-hybridized carbons (Fsp3) is 0.500. The third-order valence-electron chi connectivity index (χ3n) is 3.20. The number of ether oxygens (including phenoxy) is 1. The monoisotopic (exact) mass is 248 g/mol. The number of nitrogens with one attached hydrogen (secondary N) is 2. The van der Waals surface area contributed by atoms with Crippen molar-refractivity contribution in [2.75, 3.05) is 25.6 Å². The van der Waals surface area contributed by atoms with Gasteiger partial charge in [0.05, 0.1) is 12.5 Å². The van der Waals surface area contributed by atoms with Crippen LogP contribution in [0.15, 0.2) is 24.3 Å². The normalized spacial score (nSPS) is 19.6. The molecule has 0 radical (unpaired) electrons. The van der Waals surface area contributed by atoms with Crippen molar-refractivity contribution in [3.8, 4) is 0 Å². The predicted octanol–water partition coefficient (Wildman–Crippen LogP) is 1.42. The van der Waals surface area contributed by atoms with Gasteiger partial charge in [-0.25, -0.2) is 0 Å². The molecule has 1 heterocycles.